The third-order valence-electron chi connectivity index (χ3n) is 3.94. The normalized spacial score (nSPS) is 12.0. The first-order chi connectivity index (χ1) is 10.8. The highest BCUT2D eigenvalue weighted by Crippen LogP contribution is 2.19. The molecule has 0 saturated carbocycles. The summed E-state index contributed by atoms with van der Waals surface area (Å²) in [6.45, 7) is 7.33. The molecule has 1 atom stereocenters. The second-order valence-corrected chi connectivity index (χ2v) is 5.66. The number of hydrogen-bond donors (Lipinski definition) is 2. The van der Waals surface area contributed by atoms with Crippen molar-refractivity contribution < 1.29 is 19.2 Å². The quantitative estimate of drug-likeness (QED) is 0.883. The summed E-state index contributed by atoms with van der Waals surface area (Å²) in [7, 11) is 0. The maximum absolute atomic E-state index is 12.2. The standard InChI is InChI=1S/C17H20N2O4/c1-9-5-6-13(7-10(9)2)16(17(21)22)18-15(20)8-14-11(3)19-23-12(14)4/h5-7,16H,8H2,1-4H3,(H,18,20)(H,21,22). The van der Waals surface area contributed by atoms with Crippen LogP contribution in [0.5, 0.6) is 0 Å². The molecular formula is C17H20N2O4. The summed E-state index contributed by atoms with van der Waals surface area (Å²) in [5.41, 5.74) is 3.92. The Labute approximate surface area is 134 Å². The topological polar surface area (TPSA) is 92.4 Å². The average Bonchev–Trinajstić information content (AvgIpc) is 2.79. The van der Waals surface area contributed by atoms with Crippen molar-refractivity contribution in [1.29, 1.82) is 0 Å². The molecule has 0 aliphatic heterocycles. The minimum atomic E-state index is -1.10. The maximum atomic E-state index is 12.2. The van der Waals surface area contributed by atoms with E-state index in [1.807, 2.05) is 19.9 Å². The number of carboxylic acid groups (broad SMARTS) is 1. The molecule has 6 heteroatoms. The van der Waals surface area contributed by atoms with E-state index >= 15 is 0 Å². The maximum Gasteiger partial charge on any atom is 0.330 e. The number of benzene rings is 1. The van der Waals surface area contributed by atoms with Crippen LogP contribution in [0.25, 0.3) is 0 Å². The van der Waals surface area contributed by atoms with Crippen LogP contribution in [0, 0.1) is 27.7 Å². The summed E-state index contributed by atoms with van der Waals surface area (Å²) >= 11 is 0. The van der Waals surface area contributed by atoms with E-state index in [9.17, 15) is 14.7 Å². The first-order valence-corrected chi connectivity index (χ1v) is 7.30. The summed E-state index contributed by atoms with van der Waals surface area (Å²) in [4.78, 5) is 23.7. The van der Waals surface area contributed by atoms with Crippen LogP contribution < -0.4 is 5.32 Å². The minimum Gasteiger partial charge on any atom is -0.479 e. The van der Waals surface area contributed by atoms with E-state index in [1.165, 1.54) is 0 Å². The van der Waals surface area contributed by atoms with Crippen LogP contribution in [-0.4, -0.2) is 22.1 Å². The van der Waals surface area contributed by atoms with Crippen molar-refractivity contribution in [2.75, 3.05) is 0 Å². The fourth-order valence-electron chi connectivity index (χ4n) is 2.36. The highest BCUT2D eigenvalue weighted by Gasteiger charge is 2.23. The lowest BCUT2D eigenvalue weighted by Gasteiger charge is -2.16. The molecule has 6 nitrogen and oxygen atoms in total. The number of rotatable bonds is 5. The van der Waals surface area contributed by atoms with Crippen LogP contribution in [0.2, 0.25) is 0 Å². The third-order valence-corrected chi connectivity index (χ3v) is 3.94. The fraction of sp³-hybridized carbons (Fsp3) is 0.353. The lowest BCUT2D eigenvalue weighted by molar-refractivity contribution is -0.141. The van der Waals surface area contributed by atoms with Gasteiger partial charge in [0.2, 0.25) is 5.91 Å². The Morgan fingerprint density at radius 1 is 1.22 bits per heavy atom. The van der Waals surface area contributed by atoms with Gasteiger partial charge in [0.1, 0.15) is 5.76 Å². The van der Waals surface area contributed by atoms with E-state index in [0.29, 0.717) is 22.6 Å². The van der Waals surface area contributed by atoms with E-state index in [0.717, 1.165) is 11.1 Å². The van der Waals surface area contributed by atoms with Gasteiger partial charge in [-0.15, -0.1) is 0 Å². The van der Waals surface area contributed by atoms with Gasteiger partial charge in [-0.1, -0.05) is 23.4 Å². The van der Waals surface area contributed by atoms with Crippen molar-refractivity contribution in [3.05, 3.63) is 51.9 Å². The summed E-state index contributed by atoms with van der Waals surface area (Å²) in [5.74, 6) is -0.916. The Kier molecular flexibility index (Phi) is 4.83. The molecule has 1 amide bonds. The molecular weight excluding hydrogens is 296 g/mol. The van der Waals surface area contributed by atoms with Crippen LogP contribution in [0.1, 0.15) is 39.7 Å². The van der Waals surface area contributed by atoms with Gasteiger partial charge in [0, 0.05) is 5.56 Å². The molecule has 1 aromatic heterocycles. The number of carbonyl (C=O) groups excluding carboxylic acids is 1. The summed E-state index contributed by atoms with van der Waals surface area (Å²) in [6.07, 6.45) is 0.0375. The lowest BCUT2D eigenvalue weighted by atomic mass is 10.0. The predicted octanol–water partition coefficient (Wildman–Crippen LogP) is 2.39. The number of aryl methyl sites for hydroxylation is 4. The van der Waals surface area contributed by atoms with E-state index in [4.69, 9.17) is 4.52 Å². The molecule has 2 N–H and O–H groups in total. The van der Waals surface area contributed by atoms with Crippen molar-refractivity contribution in [2.45, 2.75) is 40.2 Å². The van der Waals surface area contributed by atoms with Gasteiger partial charge in [0.15, 0.2) is 6.04 Å². The second kappa shape index (κ2) is 6.64. The van der Waals surface area contributed by atoms with Crippen molar-refractivity contribution in [3.8, 4) is 0 Å². The summed E-state index contributed by atoms with van der Waals surface area (Å²) in [6, 6.07) is 4.27. The molecule has 122 valence electrons. The molecule has 23 heavy (non-hydrogen) atoms. The van der Waals surface area contributed by atoms with Gasteiger partial charge in [-0.25, -0.2) is 4.79 Å². The van der Waals surface area contributed by atoms with Crippen molar-refractivity contribution in [1.82, 2.24) is 10.5 Å². The zero-order valence-corrected chi connectivity index (χ0v) is 13.6. The molecule has 0 aliphatic carbocycles. The Morgan fingerprint density at radius 3 is 2.43 bits per heavy atom. The van der Waals surface area contributed by atoms with Gasteiger partial charge in [0.25, 0.3) is 0 Å². The number of aromatic nitrogens is 1. The number of carboxylic acids is 1. The van der Waals surface area contributed by atoms with Crippen LogP contribution >= 0.6 is 0 Å². The highest BCUT2D eigenvalue weighted by molar-refractivity contribution is 5.86. The van der Waals surface area contributed by atoms with Crippen molar-refractivity contribution in [2.24, 2.45) is 0 Å². The Balaban J connectivity index is 2.18. The molecule has 0 fully saturated rings. The van der Waals surface area contributed by atoms with Crippen molar-refractivity contribution >= 4 is 11.9 Å². The molecule has 2 aromatic rings. The minimum absolute atomic E-state index is 0.0375. The monoisotopic (exact) mass is 316 g/mol. The van der Waals surface area contributed by atoms with Crippen LogP contribution in [-0.2, 0) is 16.0 Å². The van der Waals surface area contributed by atoms with E-state index in [2.05, 4.69) is 10.5 Å². The largest absolute Gasteiger partial charge is 0.479 e. The zero-order valence-electron chi connectivity index (χ0n) is 13.6. The molecule has 1 heterocycles. The number of hydrogen-bond acceptors (Lipinski definition) is 4. The van der Waals surface area contributed by atoms with Gasteiger partial charge in [-0.3, -0.25) is 4.79 Å². The Hall–Kier alpha value is -2.63. The van der Waals surface area contributed by atoms with Gasteiger partial charge in [-0.05, 0) is 44.4 Å². The molecule has 0 aliphatic rings. The molecule has 1 aromatic carbocycles. The van der Waals surface area contributed by atoms with Crippen molar-refractivity contribution in [3.63, 3.8) is 0 Å². The Bertz CT molecular complexity index is 730. The van der Waals surface area contributed by atoms with Gasteiger partial charge in [-0.2, -0.15) is 0 Å². The third kappa shape index (κ3) is 3.77. The SMILES string of the molecule is Cc1ccc(C(NC(=O)Cc2c(C)noc2C)C(=O)O)cc1C. The molecule has 1 unspecified atom stereocenters. The number of amides is 1. The number of nitrogens with one attached hydrogen (secondary N) is 1. The number of aliphatic carboxylic acids is 1. The lowest BCUT2D eigenvalue weighted by Crippen LogP contribution is -2.35. The first-order valence-electron chi connectivity index (χ1n) is 7.30. The van der Waals surface area contributed by atoms with E-state index in [-0.39, 0.29) is 12.3 Å². The molecule has 2 rings (SSSR count). The van der Waals surface area contributed by atoms with E-state index in [1.54, 1.807) is 26.0 Å². The molecule has 0 saturated heterocycles. The highest BCUT2D eigenvalue weighted by atomic mass is 16.5. The number of carbonyl (C=O) groups is 2. The predicted molar refractivity (Wildman–Crippen MR) is 84.1 cm³/mol. The van der Waals surface area contributed by atoms with Crippen LogP contribution in [0.4, 0.5) is 0 Å². The smallest absolute Gasteiger partial charge is 0.330 e. The van der Waals surface area contributed by atoms with E-state index < -0.39 is 12.0 Å². The average molecular weight is 316 g/mol. The zero-order chi connectivity index (χ0) is 17.1. The first kappa shape index (κ1) is 16.7. The van der Waals surface area contributed by atoms with Crippen LogP contribution in [0.3, 0.4) is 0 Å². The molecule has 0 radical (unpaired) electrons. The molecule has 0 spiro atoms. The number of nitrogens with zero attached hydrogens (tertiary/aromatic N) is 1. The molecule has 0 bridgehead atoms. The van der Waals surface area contributed by atoms with Gasteiger partial charge < -0.3 is 14.9 Å². The fourth-order valence-corrected chi connectivity index (χ4v) is 2.36. The summed E-state index contributed by atoms with van der Waals surface area (Å²) < 4.78 is 5.02. The summed E-state index contributed by atoms with van der Waals surface area (Å²) in [5, 5.41) is 15.8. The van der Waals surface area contributed by atoms with Gasteiger partial charge in [0.05, 0.1) is 12.1 Å². The van der Waals surface area contributed by atoms with Crippen LogP contribution in [0.15, 0.2) is 22.7 Å². The van der Waals surface area contributed by atoms with Gasteiger partial charge >= 0.3 is 5.97 Å². The Morgan fingerprint density at radius 2 is 1.91 bits per heavy atom. The second-order valence-electron chi connectivity index (χ2n) is 5.66.